The Labute approximate surface area is 125 Å². The lowest BCUT2D eigenvalue weighted by molar-refractivity contribution is -0.148. The Morgan fingerprint density at radius 2 is 2.35 bits per heavy atom. The van der Waals surface area contributed by atoms with Crippen LogP contribution < -0.4 is 5.32 Å². The van der Waals surface area contributed by atoms with Crippen LogP contribution in [-0.2, 0) is 20.1 Å². The normalized spacial score (nSPS) is 19.1. The van der Waals surface area contributed by atoms with Crippen molar-refractivity contribution in [2.24, 2.45) is 0 Å². The van der Waals surface area contributed by atoms with Crippen molar-refractivity contribution in [2.75, 3.05) is 12.3 Å². The number of hydrogen-bond donors (Lipinski definition) is 1. The second-order valence-corrected chi connectivity index (χ2v) is 6.45. The Balaban J connectivity index is 1.89. The predicted octanol–water partition coefficient (Wildman–Crippen LogP) is 1.24. The molecule has 1 aromatic heterocycles. The molecule has 0 saturated carbocycles. The Hall–Kier alpha value is -1.34. The summed E-state index contributed by atoms with van der Waals surface area (Å²) in [4.78, 5) is 37.8. The van der Waals surface area contributed by atoms with Gasteiger partial charge in [0.1, 0.15) is 12.6 Å². The molecule has 0 radical (unpaired) electrons. The van der Waals surface area contributed by atoms with Crippen molar-refractivity contribution in [2.45, 2.75) is 25.1 Å². The van der Waals surface area contributed by atoms with Gasteiger partial charge in [-0.25, -0.2) is 0 Å². The van der Waals surface area contributed by atoms with E-state index in [1.54, 1.807) is 11.3 Å². The van der Waals surface area contributed by atoms with Crippen LogP contribution in [0.5, 0.6) is 0 Å². The van der Waals surface area contributed by atoms with Crippen LogP contribution in [0.2, 0.25) is 0 Å². The highest BCUT2D eigenvalue weighted by Crippen LogP contribution is 2.18. The summed E-state index contributed by atoms with van der Waals surface area (Å²) in [5, 5.41) is 4.27. The minimum absolute atomic E-state index is 0.0252. The molecule has 0 aliphatic carbocycles. The monoisotopic (exact) mass is 312 g/mol. The SMILES string of the molecule is CCC1C(=O)NC(=O)CN1C(=O)CSCc1cccs1. The minimum Gasteiger partial charge on any atom is -0.321 e. The molecule has 0 spiro atoms. The van der Waals surface area contributed by atoms with Crippen molar-refractivity contribution in [3.05, 3.63) is 22.4 Å². The van der Waals surface area contributed by atoms with Crippen LogP contribution in [0.25, 0.3) is 0 Å². The van der Waals surface area contributed by atoms with E-state index < -0.39 is 11.9 Å². The van der Waals surface area contributed by atoms with Gasteiger partial charge in [-0.1, -0.05) is 13.0 Å². The van der Waals surface area contributed by atoms with E-state index in [1.807, 2.05) is 24.4 Å². The first-order chi connectivity index (χ1) is 9.61. The van der Waals surface area contributed by atoms with E-state index in [0.717, 1.165) is 5.75 Å². The third kappa shape index (κ3) is 3.61. The molecular formula is C13H16N2O3S2. The van der Waals surface area contributed by atoms with E-state index in [0.29, 0.717) is 6.42 Å². The second-order valence-electron chi connectivity index (χ2n) is 4.43. The van der Waals surface area contributed by atoms with Gasteiger partial charge < -0.3 is 4.90 Å². The maximum atomic E-state index is 12.2. The van der Waals surface area contributed by atoms with Gasteiger partial charge in [0.2, 0.25) is 17.7 Å². The highest BCUT2D eigenvalue weighted by molar-refractivity contribution is 7.99. The molecule has 1 atom stereocenters. The van der Waals surface area contributed by atoms with Crippen LogP contribution in [-0.4, -0.2) is 41.0 Å². The number of piperazine rings is 1. The molecule has 3 amide bonds. The Morgan fingerprint density at radius 3 is 3.00 bits per heavy atom. The van der Waals surface area contributed by atoms with Crippen molar-refractivity contribution < 1.29 is 14.4 Å². The van der Waals surface area contributed by atoms with Crippen molar-refractivity contribution >= 4 is 40.8 Å². The van der Waals surface area contributed by atoms with Crippen molar-refractivity contribution in [3.63, 3.8) is 0 Å². The lowest BCUT2D eigenvalue weighted by atomic mass is 10.1. The number of nitrogens with zero attached hydrogens (tertiary/aromatic N) is 1. The van der Waals surface area contributed by atoms with Gasteiger partial charge in [0.15, 0.2) is 0 Å². The molecule has 0 bridgehead atoms. The van der Waals surface area contributed by atoms with Gasteiger partial charge in [0, 0.05) is 10.6 Å². The first-order valence-electron chi connectivity index (χ1n) is 6.35. The van der Waals surface area contributed by atoms with Crippen LogP contribution in [0.15, 0.2) is 17.5 Å². The highest BCUT2D eigenvalue weighted by Gasteiger charge is 2.35. The zero-order valence-electron chi connectivity index (χ0n) is 11.1. The van der Waals surface area contributed by atoms with Gasteiger partial charge >= 0.3 is 0 Å². The standard InChI is InChI=1S/C13H16N2O3S2/c1-2-10-13(18)14-11(16)6-15(10)12(17)8-19-7-9-4-3-5-20-9/h3-5,10H,2,6-8H2,1H3,(H,14,16,18). The van der Waals surface area contributed by atoms with Crippen molar-refractivity contribution in [1.29, 1.82) is 0 Å². The smallest absolute Gasteiger partial charge is 0.249 e. The van der Waals surface area contributed by atoms with E-state index in [9.17, 15) is 14.4 Å². The number of imide groups is 1. The second kappa shape index (κ2) is 6.90. The van der Waals surface area contributed by atoms with Crippen molar-refractivity contribution in [1.82, 2.24) is 10.2 Å². The summed E-state index contributed by atoms with van der Waals surface area (Å²) in [7, 11) is 0. The number of carbonyl (C=O) groups is 3. The zero-order valence-corrected chi connectivity index (χ0v) is 12.8. The first kappa shape index (κ1) is 15.1. The van der Waals surface area contributed by atoms with Crippen LogP contribution >= 0.6 is 23.1 Å². The molecule has 2 rings (SSSR count). The summed E-state index contributed by atoms with van der Waals surface area (Å²) >= 11 is 3.16. The predicted molar refractivity (Wildman–Crippen MR) is 79.4 cm³/mol. The molecule has 1 fully saturated rings. The average Bonchev–Trinajstić information content (AvgIpc) is 2.91. The molecular weight excluding hydrogens is 296 g/mol. The number of amides is 3. The first-order valence-corrected chi connectivity index (χ1v) is 8.38. The van der Waals surface area contributed by atoms with Crippen molar-refractivity contribution in [3.8, 4) is 0 Å². The summed E-state index contributed by atoms with van der Waals surface area (Å²) in [6, 6.07) is 3.47. The molecule has 1 aromatic rings. The summed E-state index contributed by atoms with van der Waals surface area (Å²) in [5.41, 5.74) is 0. The van der Waals surface area contributed by atoms with Gasteiger partial charge in [-0.15, -0.1) is 23.1 Å². The third-order valence-electron chi connectivity index (χ3n) is 3.01. The molecule has 0 aromatic carbocycles. The lowest BCUT2D eigenvalue weighted by Gasteiger charge is -2.33. The molecule has 1 unspecified atom stereocenters. The van der Waals surface area contributed by atoms with Gasteiger partial charge in [-0.05, 0) is 17.9 Å². The van der Waals surface area contributed by atoms with Crippen LogP contribution in [0.4, 0.5) is 0 Å². The number of nitrogens with one attached hydrogen (secondary N) is 1. The largest absolute Gasteiger partial charge is 0.321 e. The Bertz CT molecular complexity index is 502. The minimum atomic E-state index is -0.525. The summed E-state index contributed by atoms with van der Waals surface area (Å²) in [5.74, 6) is 0.127. The number of thioether (sulfide) groups is 1. The maximum absolute atomic E-state index is 12.2. The van der Waals surface area contributed by atoms with Crippen LogP contribution in [0.3, 0.4) is 0 Å². The number of thiophene rings is 1. The molecule has 108 valence electrons. The van der Waals surface area contributed by atoms with E-state index >= 15 is 0 Å². The van der Waals surface area contributed by atoms with Gasteiger partial charge in [-0.2, -0.15) is 0 Å². The molecule has 1 aliphatic heterocycles. The quantitative estimate of drug-likeness (QED) is 0.831. The molecule has 5 nitrogen and oxygen atoms in total. The summed E-state index contributed by atoms with van der Waals surface area (Å²) in [6.07, 6.45) is 0.514. The van der Waals surface area contributed by atoms with E-state index in [2.05, 4.69) is 5.32 Å². The zero-order chi connectivity index (χ0) is 14.5. The molecule has 2 heterocycles. The topological polar surface area (TPSA) is 66.5 Å². The third-order valence-corrected chi connectivity index (χ3v) is 5.04. The fraction of sp³-hybridized carbons (Fsp3) is 0.462. The highest BCUT2D eigenvalue weighted by atomic mass is 32.2. The molecule has 1 N–H and O–H groups in total. The van der Waals surface area contributed by atoms with Crippen LogP contribution in [0, 0.1) is 0 Å². The van der Waals surface area contributed by atoms with Gasteiger partial charge in [-0.3, -0.25) is 19.7 Å². The average molecular weight is 312 g/mol. The Morgan fingerprint density at radius 1 is 1.55 bits per heavy atom. The summed E-state index contributed by atoms with van der Waals surface area (Å²) < 4.78 is 0. The molecule has 7 heteroatoms. The fourth-order valence-electron chi connectivity index (χ4n) is 2.05. The lowest BCUT2D eigenvalue weighted by Crippen LogP contribution is -2.59. The van der Waals surface area contributed by atoms with Crippen LogP contribution in [0.1, 0.15) is 18.2 Å². The molecule has 1 aliphatic rings. The summed E-state index contributed by atoms with van der Waals surface area (Å²) in [6.45, 7) is 1.81. The number of carbonyl (C=O) groups excluding carboxylic acids is 3. The van der Waals surface area contributed by atoms with Gasteiger partial charge in [0.25, 0.3) is 0 Å². The van der Waals surface area contributed by atoms with Gasteiger partial charge in [0.05, 0.1) is 5.75 Å². The maximum Gasteiger partial charge on any atom is 0.249 e. The van der Waals surface area contributed by atoms with E-state index in [4.69, 9.17) is 0 Å². The Kier molecular flexibility index (Phi) is 5.19. The van der Waals surface area contributed by atoms with E-state index in [-0.39, 0.29) is 24.1 Å². The van der Waals surface area contributed by atoms with E-state index in [1.165, 1.54) is 21.5 Å². The molecule has 20 heavy (non-hydrogen) atoms. The number of hydrogen-bond acceptors (Lipinski definition) is 5. The number of rotatable bonds is 5. The molecule has 1 saturated heterocycles. The fourth-order valence-corrected chi connectivity index (χ4v) is 3.80.